The molecule has 3 heteroatoms. The number of benzene rings is 1. The van der Waals surface area contributed by atoms with Crippen molar-refractivity contribution in [3.05, 3.63) is 51.5 Å². The first-order valence-electron chi connectivity index (χ1n) is 5.89. The van der Waals surface area contributed by atoms with Gasteiger partial charge in [0.25, 0.3) is 0 Å². The molecule has 0 amide bonds. The normalized spacial score (nSPS) is 12.6. The van der Waals surface area contributed by atoms with Crippen molar-refractivity contribution in [1.29, 1.82) is 0 Å². The van der Waals surface area contributed by atoms with Gasteiger partial charge in [-0.05, 0) is 24.5 Å². The molecular weight excluding hydrogens is 230 g/mol. The Hall–Kier alpha value is -1.19. The monoisotopic (exact) mass is 247 g/mol. The molecule has 0 saturated heterocycles. The molecule has 17 heavy (non-hydrogen) atoms. The van der Waals surface area contributed by atoms with Gasteiger partial charge in [0.1, 0.15) is 6.10 Å². The third-order valence-electron chi connectivity index (χ3n) is 2.87. The molecule has 0 radical (unpaired) electrons. The zero-order valence-electron chi connectivity index (χ0n) is 10.2. The Labute approximate surface area is 106 Å². The lowest BCUT2D eigenvalue weighted by Gasteiger charge is -2.10. The Morgan fingerprint density at radius 1 is 1.29 bits per heavy atom. The molecule has 0 aliphatic heterocycles. The van der Waals surface area contributed by atoms with E-state index in [1.165, 1.54) is 16.9 Å². The maximum Gasteiger partial charge on any atom is 0.115 e. The van der Waals surface area contributed by atoms with Crippen molar-refractivity contribution in [3.63, 3.8) is 0 Å². The molecule has 1 atom stereocenters. The van der Waals surface area contributed by atoms with E-state index in [2.05, 4.69) is 24.0 Å². The van der Waals surface area contributed by atoms with Crippen molar-refractivity contribution in [2.45, 2.75) is 32.8 Å². The summed E-state index contributed by atoms with van der Waals surface area (Å²) in [6, 6.07) is 8.21. The highest BCUT2D eigenvalue weighted by molar-refractivity contribution is 7.09. The van der Waals surface area contributed by atoms with Gasteiger partial charge in [-0.15, -0.1) is 11.3 Å². The Morgan fingerprint density at radius 2 is 2.00 bits per heavy atom. The molecule has 2 aromatic rings. The summed E-state index contributed by atoms with van der Waals surface area (Å²) in [5.74, 6) is 0. The van der Waals surface area contributed by atoms with E-state index in [1.54, 1.807) is 5.51 Å². The van der Waals surface area contributed by atoms with Gasteiger partial charge in [0.05, 0.1) is 16.1 Å². The molecule has 1 unspecified atom stereocenters. The third-order valence-corrected chi connectivity index (χ3v) is 3.85. The summed E-state index contributed by atoms with van der Waals surface area (Å²) in [7, 11) is 0. The number of aromatic nitrogens is 1. The number of hydrogen-bond donors (Lipinski definition) is 1. The highest BCUT2D eigenvalue weighted by atomic mass is 32.1. The highest BCUT2D eigenvalue weighted by Gasteiger charge is 2.14. The zero-order chi connectivity index (χ0) is 12.3. The second-order valence-electron chi connectivity index (χ2n) is 4.20. The van der Waals surface area contributed by atoms with Gasteiger partial charge in [-0.25, -0.2) is 4.98 Å². The fourth-order valence-electron chi connectivity index (χ4n) is 1.88. The summed E-state index contributed by atoms with van der Waals surface area (Å²) in [4.78, 5) is 5.11. The minimum atomic E-state index is -0.543. The number of thiazole rings is 1. The van der Waals surface area contributed by atoms with Crippen molar-refractivity contribution in [1.82, 2.24) is 4.98 Å². The van der Waals surface area contributed by atoms with Gasteiger partial charge in [0.2, 0.25) is 0 Å². The molecule has 0 bridgehead atoms. The largest absolute Gasteiger partial charge is 0.383 e. The predicted molar refractivity (Wildman–Crippen MR) is 71.3 cm³/mol. The maximum absolute atomic E-state index is 10.3. The summed E-state index contributed by atoms with van der Waals surface area (Å²) < 4.78 is 0. The summed E-state index contributed by atoms with van der Waals surface area (Å²) in [5, 5.41) is 10.3. The summed E-state index contributed by atoms with van der Waals surface area (Å²) >= 11 is 1.51. The Balaban J connectivity index is 2.20. The van der Waals surface area contributed by atoms with E-state index in [0.717, 1.165) is 29.0 Å². The number of nitrogens with zero attached hydrogens (tertiary/aromatic N) is 1. The SMILES string of the molecule is CCCc1ccc(C(O)c2scnc2C)cc1. The molecule has 1 aromatic heterocycles. The molecule has 2 rings (SSSR count). The smallest absolute Gasteiger partial charge is 0.115 e. The van der Waals surface area contributed by atoms with Crippen LogP contribution in [0.5, 0.6) is 0 Å². The first-order chi connectivity index (χ1) is 8.22. The Bertz CT molecular complexity index is 475. The van der Waals surface area contributed by atoms with Crippen LogP contribution in [0.4, 0.5) is 0 Å². The lowest BCUT2D eigenvalue weighted by atomic mass is 10.0. The van der Waals surface area contributed by atoms with E-state index in [1.807, 2.05) is 19.1 Å². The molecule has 2 nitrogen and oxygen atoms in total. The number of rotatable bonds is 4. The lowest BCUT2D eigenvalue weighted by Crippen LogP contribution is -1.99. The van der Waals surface area contributed by atoms with Crippen LogP contribution in [-0.4, -0.2) is 10.1 Å². The van der Waals surface area contributed by atoms with Gasteiger partial charge in [0, 0.05) is 0 Å². The molecular formula is C14H17NOS. The quantitative estimate of drug-likeness (QED) is 0.897. The Kier molecular flexibility index (Phi) is 3.92. The maximum atomic E-state index is 10.3. The van der Waals surface area contributed by atoms with Crippen molar-refractivity contribution < 1.29 is 5.11 Å². The minimum absolute atomic E-state index is 0.543. The van der Waals surface area contributed by atoms with Crippen LogP contribution in [-0.2, 0) is 6.42 Å². The van der Waals surface area contributed by atoms with Crippen molar-refractivity contribution in [2.24, 2.45) is 0 Å². The number of aliphatic hydroxyl groups excluding tert-OH is 1. The summed E-state index contributed by atoms with van der Waals surface area (Å²) in [6.07, 6.45) is 1.70. The van der Waals surface area contributed by atoms with E-state index >= 15 is 0 Å². The van der Waals surface area contributed by atoms with Crippen LogP contribution < -0.4 is 0 Å². The van der Waals surface area contributed by atoms with E-state index in [4.69, 9.17) is 0 Å². The lowest BCUT2D eigenvalue weighted by molar-refractivity contribution is 0.223. The van der Waals surface area contributed by atoms with Gasteiger partial charge in [-0.1, -0.05) is 37.6 Å². The molecule has 1 aromatic carbocycles. The van der Waals surface area contributed by atoms with Crippen LogP contribution in [0.3, 0.4) is 0 Å². The van der Waals surface area contributed by atoms with Crippen molar-refractivity contribution in [2.75, 3.05) is 0 Å². The fraction of sp³-hybridized carbons (Fsp3) is 0.357. The molecule has 0 spiro atoms. The highest BCUT2D eigenvalue weighted by Crippen LogP contribution is 2.27. The van der Waals surface area contributed by atoms with Crippen LogP contribution in [0.15, 0.2) is 29.8 Å². The van der Waals surface area contributed by atoms with E-state index in [9.17, 15) is 5.11 Å². The Morgan fingerprint density at radius 3 is 2.53 bits per heavy atom. The molecule has 0 saturated carbocycles. The van der Waals surface area contributed by atoms with Crippen LogP contribution in [0.1, 0.15) is 41.1 Å². The standard InChI is InChI=1S/C14H17NOS/c1-3-4-11-5-7-12(8-6-11)13(16)14-10(2)15-9-17-14/h5-9,13,16H,3-4H2,1-2H3. The van der Waals surface area contributed by atoms with Crippen LogP contribution >= 0.6 is 11.3 Å². The van der Waals surface area contributed by atoms with Gasteiger partial charge >= 0.3 is 0 Å². The molecule has 0 aliphatic carbocycles. The molecule has 90 valence electrons. The number of hydrogen-bond acceptors (Lipinski definition) is 3. The number of aliphatic hydroxyl groups is 1. The van der Waals surface area contributed by atoms with Gasteiger partial charge in [-0.2, -0.15) is 0 Å². The van der Waals surface area contributed by atoms with Crippen LogP contribution in [0.2, 0.25) is 0 Å². The molecule has 0 fully saturated rings. The predicted octanol–water partition coefficient (Wildman–Crippen LogP) is 3.49. The summed E-state index contributed by atoms with van der Waals surface area (Å²) in [5.41, 5.74) is 4.96. The van der Waals surface area contributed by atoms with Crippen molar-refractivity contribution >= 4 is 11.3 Å². The average molecular weight is 247 g/mol. The van der Waals surface area contributed by atoms with E-state index in [-0.39, 0.29) is 0 Å². The average Bonchev–Trinajstić information content (AvgIpc) is 2.76. The number of aryl methyl sites for hydroxylation is 2. The first kappa shape index (κ1) is 12.3. The third kappa shape index (κ3) is 2.73. The zero-order valence-corrected chi connectivity index (χ0v) is 11.0. The van der Waals surface area contributed by atoms with Crippen LogP contribution in [0, 0.1) is 6.92 Å². The molecule has 0 aliphatic rings. The van der Waals surface area contributed by atoms with Gasteiger partial charge < -0.3 is 5.11 Å². The van der Waals surface area contributed by atoms with Gasteiger partial charge in [0.15, 0.2) is 0 Å². The second-order valence-corrected chi connectivity index (χ2v) is 5.08. The fourth-order valence-corrected chi connectivity index (χ4v) is 2.69. The summed E-state index contributed by atoms with van der Waals surface area (Å²) in [6.45, 7) is 4.10. The van der Waals surface area contributed by atoms with Crippen LogP contribution in [0.25, 0.3) is 0 Å². The second kappa shape index (κ2) is 5.43. The minimum Gasteiger partial charge on any atom is -0.383 e. The first-order valence-corrected chi connectivity index (χ1v) is 6.77. The van der Waals surface area contributed by atoms with E-state index < -0.39 is 6.10 Å². The topological polar surface area (TPSA) is 33.1 Å². The molecule has 1 N–H and O–H groups in total. The molecule has 1 heterocycles. The van der Waals surface area contributed by atoms with Crippen molar-refractivity contribution in [3.8, 4) is 0 Å². The van der Waals surface area contributed by atoms with Gasteiger partial charge in [-0.3, -0.25) is 0 Å². The van der Waals surface area contributed by atoms with E-state index in [0.29, 0.717) is 0 Å².